The van der Waals surface area contributed by atoms with Gasteiger partial charge in [0.2, 0.25) is 0 Å². The number of anilines is 1. The van der Waals surface area contributed by atoms with Crippen molar-refractivity contribution in [1.29, 1.82) is 0 Å². The lowest BCUT2D eigenvalue weighted by Gasteiger charge is -2.06. The van der Waals surface area contributed by atoms with Crippen molar-refractivity contribution in [3.8, 4) is 11.3 Å². The maximum Gasteiger partial charge on any atom is 0.359 e. The van der Waals surface area contributed by atoms with E-state index in [0.717, 1.165) is 16.0 Å². The number of hydrogen-bond acceptors (Lipinski definition) is 9. The third-order valence-electron chi connectivity index (χ3n) is 3.95. The molecule has 11 nitrogen and oxygen atoms in total. The zero-order chi connectivity index (χ0) is 22.4. The minimum Gasteiger partial charge on any atom is -0.451 e. The van der Waals surface area contributed by atoms with Crippen molar-refractivity contribution in [1.82, 2.24) is 14.8 Å². The molecular formula is C19H17N5O6S. The molecule has 1 N–H and O–H groups in total. The number of non-ortho nitro benzene ring substituents is 1. The molecule has 160 valence electrons. The second-order valence-electron chi connectivity index (χ2n) is 6.25. The van der Waals surface area contributed by atoms with Gasteiger partial charge in [0, 0.05) is 35.7 Å². The average Bonchev–Trinajstić information content (AvgIpc) is 3.22. The molecule has 0 aliphatic rings. The number of nitro benzene ring substituents is 1. The van der Waals surface area contributed by atoms with Gasteiger partial charge in [-0.3, -0.25) is 25.0 Å². The zero-order valence-electron chi connectivity index (χ0n) is 16.3. The van der Waals surface area contributed by atoms with E-state index < -0.39 is 23.4 Å². The average molecular weight is 443 g/mol. The summed E-state index contributed by atoms with van der Waals surface area (Å²) in [6, 6.07) is 8.41. The number of amides is 1. The van der Waals surface area contributed by atoms with Crippen LogP contribution in [0.25, 0.3) is 11.3 Å². The smallest absolute Gasteiger partial charge is 0.359 e. The molecule has 2 aromatic heterocycles. The predicted octanol–water partition coefficient (Wildman–Crippen LogP) is 2.48. The number of nitrogens with one attached hydrogen (secondary N) is 1. The van der Waals surface area contributed by atoms with Crippen LogP contribution in [0, 0.1) is 10.1 Å². The molecule has 0 bridgehead atoms. The van der Waals surface area contributed by atoms with E-state index in [-0.39, 0.29) is 22.1 Å². The Hall–Kier alpha value is -3.93. The molecule has 0 fully saturated rings. The highest BCUT2D eigenvalue weighted by molar-refractivity contribution is 7.14. The first-order valence-electron chi connectivity index (χ1n) is 9.13. The van der Waals surface area contributed by atoms with Gasteiger partial charge in [-0.15, -0.1) is 11.3 Å². The molecule has 1 aromatic carbocycles. The summed E-state index contributed by atoms with van der Waals surface area (Å²) >= 11 is 1.12. The van der Waals surface area contributed by atoms with E-state index in [4.69, 9.17) is 4.74 Å². The molecule has 0 aliphatic heterocycles. The molecule has 0 radical (unpaired) electrons. The van der Waals surface area contributed by atoms with Crippen molar-refractivity contribution in [2.45, 2.75) is 19.9 Å². The van der Waals surface area contributed by atoms with Gasteiger partial charge in [0.25, 0.3) is 17.2 Å². The quantitative estimate of drug-likeness (QED) is 0.317. The number of carbonyl (C=O) groups excluding carboxylic acids is 2. The normalized spacial score (nSPS) is 10.5. The van der Waals surface area contributed by atoms with Gasteiger partial charge >= 0.3 is 5.97 Å². The van der Waals surface area contributed by atoms with Crippen molar-refractivity contribution >= 4 is 34.0 Å². The number of nitrogens with zero attached hydrogens (tertiary/aromatic N) is 4. The summed E-state index contributed by atoms with van der Waals surface area (Å²) in [5.41, 5.74) is 0.512. The van der Waals surface area contributed by atoms with Gasteiger partial charge in [-0.1, -0.05) is 19.1 Å². The standard InChI is InChI=1S/C19H17N5O6S/c1-2-8-23-17(26)7-6-14(22-23)18(27)30-10-16(25)21-19-20-15(11-31-19)12-4-3-5-13(9-12)24(28)29/h3-7,9,11H,2,8,10H2,1H3,(H,20,21,25). The van der Waals surface area contributed by atoms with Crippen molar-refractivity contribution in [3.63, 3.8) is 0 Å². The number of aryl methyl sites for hydroxylation is 1. The third kappa shape index (κ3) is 5.57. The Morgan fingerprint density at radius 3 is 2.84 bits per heavy atom. The van der Waals surface area contributed by atoms with Crippen molar-refractivity contribution < 1.29 is 19.2 Å². The Morgan fingerprint density at radius 2 is 2.10 bits per heavy atom. The van der Waals surface area contributed by atoms with Crippen LogP contribution in [0.4, 0.5) is 10.8 Å². The fourth-order valence-electron chi connectivity index (χ4n) is 2.53. The highest BCUT2D eigenvalue weighted by atomic mass is 32.1. The van der Waals surface area contributed by atoms with Gasteiger partial charge in [0.15, 0.2) is 17.4 Å². The topological polar surface area (TPSA) is 146 Å². The number of carbonyl (C=O) groups is 2. The summed E-state index contributed by atoms with van der Waals surface area (Å²) in [4.78, 5) is 50.4. The molecule has 0 spiro atoms. The van der Waals surface area contributed by atoms with Crippen molar-refractivity contribution in [2.24, 2.45) is 0 Å². The molecule has 0 saturated carbocycles. The van der Waals surface area contributed by atoms with Crippen molar-refractivity contribution in [3.05, 3.63) is 67.9 Å². The van der Waals surface area contributed by atoms with E-state index in [1.54, 1.807) is 17.5 Å². The monoisotopic (exact) mass is 443 g/mol. The summed E-state index contributed by atoms with van der Waals surface area (Å²) in [7, 11) is 0. The van der Waals surface area contributed by atoms with Gasteiger partial charge in [-0.05, 0) is 12.5 Å². The van der Waals surface area contributed by atoms with Crippen LogP contribution in [0.5, 0.6) is 0 Å². The van der Waals surface area contributed by atoms with E-state index >= 15 is 0 Å². The molecule has 0 saturated heterocycles. The van der Waals surface area contributed by atoms with Gasteiger partial charge in [-0.25, -0.2) is 14.5 Å². The summed E-state index contributed by atoms with van der Waals surface area (Å²) in [6.07, 6.45) is 0.667. The number of ether oxygens (including phenoxy) is 1. The summed E-state index contributed by atoms with van der Waals surface area (Å²) in [5, 5.41) is 19.2. The van der Waals surface area contributed by atoms with E-state index in [0.29, 0.717) is 24.2 Å². The SMILES string of the molecule is CCCn1nc(C(=O)OCC(=O)Nc2nc(-c3cccc([N+](=O)[O-])c3)cs2)ccc1=O. The lowest BCUT2D eigenvalue weighted by atomic mass is 10.1. The zero-order valence-corrected chi connectivity index (χ0v) is 17.1. The minimum absolute atomic E-state index is 0.0677. The summed E-state index contributed by atoms with van der Waals surface area (Å²) in [5.74, 6) is -1.45. The van der Waals surface area contributed by atoms with Crippen LogP contribution in [0.2, 0.25) is 0 Å². The Morgan fingerprint density at radius 1 is 1.29 bits per heavy atom. The molecule has 3 rings (SSSR count). The maximum absolute atomic E-state index is 12.1. The molecule has 1 amide bonds. The summed E-state index contributed by atoms with van der Waals surface area (Å²) < 4.78 is 6.10. The van der Waals surface area contributed by atoms with Crippen LogP contribution >= 0.6 is 11.3 Å². The first kappa shape index (κ1) is 21.8. The molecule has 0 aliphatic carbocycles. The molecular weight excluding hydrogens is 426 g/mol. The lowest BCUT2D eigenvalue weighted by molar-refractivity contribution is -0.384. The van der Waals surface area contributed by atoms with Crippen LogP contribution < -0.4 is 10.9 Å². The highest BCUT2D eigenvalue weighted by Gasteiger charge is 2.15. The van der Waals surface area contributed by atoms with Gasteiger partial charge in [-0.2, -0.15) is 5.10 Å². The first-order valence-corrected chi connectivity index (χ1v) is 10.0. The fraction of sp³-hybridized carbons (Fsp3) is 0.211. The molecule has 12 heteroatoms. The molecule has 3 aromatic rings. The van der Waals surface area contributed by atoms with Crippen LogP contribution in [0.3, 0.4) is 0 Å². The fourth-order valence-corrected chi connectivity index (χ4v) is 3.27. The number of nitro groups is 1. The first-order chi connectivity index (χ1) is 14.9. The summed E-state index contributed by atoms with van der Waals surface area (Å²) in [6.45, 7) is 1.66. The molecule has 2 heterocycles. The van der Waals surface area contributed by atoms with Gasteiger partial charge in [0.1, 0.15) is 0 Å². The number of benzene rings is 1. The van der Waals surface area contributed by atoms with Crippen molar-refractivity contribution in [2.75, 3.05) is 11.9 Å². The highest BCUT2D eigenvalue weighted by Crippen LogP contribution is 2.27. The van der Waals surface area contributed by atoms with E-state index in [2.05, 4.69) is 15.4 Å². The number of hydrogen-bond donors (Lipinski definition) is 1. The van der Waals surface area contributed by atoms with Gasteiger partial charge in [0.05, 0.1) is 10.6 Å². The molecule has 0 unspecified atom stereocenters. The maximum atomic E-state index is 12.1. The largest absolute Gasteiger partial charge is 0.451 e. The Labute approximate surface area is 179 Å². The number of thiazole rings is 1. The number of esters is 1. The van der Waals surface area contributed by atoms with Crippen LogP contribution in [0.1, 0.15) is 23.8 Å². The molecule has 0 atom stereocenters. The van der Waals surface area contributed by atoms with Crippen LogP contribution in [0.15, 0.2) is 46.6 Å². The second-order valence-corrected chi connectivity index (χ2v) is 7.11. The lowest BCUT2D eigenvalue weighted by Crippen LogP contribution is -2.26. The third-order valence-corrected chi connectivity index (χ3v) is 4.71. The van der Waals surface area contributed by atoms with E-state index in [1.165, 1.54) is 24.3 Å². The Kier molecular flexibility index (Phi) is 6.82. The van der Waals surface area contributed by atoms with Crippen LogP contribution in [-0.2, 0) is 16.1 Å². The van der Waals surface area contributed by atoms with Crippen LogP contribution in [-0.4, -0.2) is 38.2 Å². The second kappa shape index (κ2) is 9.71. The predicted molar refractivity (Wildman–Crippen MR) is 112 cm³/mol. The Balaban J connectivity index is 1.59. The van der Waals surface area contributed by atoms with Gasteiger partial charge < -0.3 is 4.74 Å². The van der Waals surface area contributed by atoms with E-state index in [9.17, 15) is 24.5 Å². The minimum atomic E-state index is -0.837. The van der Waals surface area contributed by atoms with E-state index in [1.807, 2.05) is 6.92 Å². The number of aromatic nitrogens is 3. The number of rotatable bonds is 8. The Bertz CT molecular complexity index is 1190. The molecule has 31 heavy (non-hydrogen) atoms.